The lowest BCUT2D eigenvalue weighted by Crippen LogP contribution is -2.30. The van der Waals surface area contributed by atoms with E-state index in [1.807, 2.05) is 0 Å². The number of aliphatic carboxylic acids is 1. The van der Waals surface area contributed by atoms with Crippen molar-refractivity contribution < 1.29 is 9.90 Å². The first-order chi connectivity index (χ1) is 4.68. The highest BCUT2D eigenvalue weighted by atomic mass is 32.2. The van der Waals surface area contributed by atoms with Crippen LogP contribution in [-0.2, 0) is 4.79 Å². The first-order valence-corrected chi connectivity index (χ1v) is 4.24. The molecule has 0 aromatic heterocycles. The Labute approximate surface area is 69.0 Å². The van der Waals surface area contributed by atoms with Gasteiger partial charge in [0.2, 0.25) is 0 Å². The highest BCUT2D eigenvalue weighted by molar-refractivity contribution is 8.20. The first-order valence-electron chi connectivity index (χ1n) is 2.72. The van der Waals surface area contributed by atoms with Gasteiger partial charge in [0.1, 0.15) is 6.04 Å². The van der Waals surface area contributed by atoms with E-state index in [0.29, 0.717) is 12.2 Å². The van der Waals surface area contributed by atoms with Crippen LogP contribution in [0.15, 0.2) is 0 Å². The Morgan fingerprint density at radius 1 is 1.90 bits per heavy atom. The predicted octanol–water partition coefficient (Wildman–Crippen LogP) is 0.479. The van der Waals surface area contributed by atoms with E-state index in [2.05, 4.69) is 12.2 Å². The van der Waals surface area contributed by atoms with Gasteiger partial charge in [-0.25, -0.2) is 0 Å². The lowest BCUT2D eigenvalue weighted by atomic mass is 10.2. The number of carbonyl (C=O) groups is 1. The van der Waals surface area contributed by atoms with Gasteiger partial charge in [0, 0.05) is 10.5 Å². The number of carboxylic acid groups (broad SMARTS) is 1. The lowest BCUT2D eigenvalue weighted by Gasteiger charge is -2.02. The van der Waals surface area contributed by atoms with E-state index in [1.54, 1.807) is 0 Å². The molecular weight excluding hydrogens is 170 g/mol. The summed E-state index contributed by atoms with van der Waals surface area (Å²) < 4.78 is 1.51. The molecule has 0 saturated heterocycles. The Hall–Kier alpha value is -0.130. The van der Waals surface area contributed by atoms with Crippen molar-refractivity contribution in [1.82, 2.24) is 0 Å². The molecule has 0 aromatic carbocycles. The molecule has 0 fully saturated rings. The van der Waals surface area contributed by atoms with Crippen LogP contribution >= 0.6 is 24.0 Å². The minimum atomic E-state index is -0.954. The zero-order valence-electron chi connectivity index (χ0n) is 5.32. The molecule has 1 atom stereocenters. The van der Waals surface area contributed by atoms with Crippen LogP contribution in [0.2, 0.25) is 0 Å². The van der Waals surface area contributed by atoms with Crippen molar-refractivity contribution in [3.8, 4) is 0 Å². The number of rotatable bonds is 5. The van der Waals surface area contributed by atoms with Crippen LogP contribution in [0.5, 0.6) is 0 Å². The molecular formula is C5H9NO2S2. The molecule has 0 bridgehead atoms. The SMILES string of the molecule is N[C@@H](CCSC=S)C(=O)O. The molecule has 0 aliphatic carbocycles. The van der Waals surface area contributed by atoms with Crippen LogP contribution in [0.4, 0.5) is 0 Å². The third-order valence-corrected chi connectivity index (χ3v) is 1.95. The summed E-state index contributed by atoms with van der Waals surface area (Å²) >= 11 is 5.92. The van der Waals surface area contributed by atoms with Crippen LogP contribution in [0.3, 0.4) is 0 Å². The molecule has 3 N–H and O–H groups in total. The number of hydrogen-bond acceptors (Lipinski definition) is 4. The number of thioether (sulfide) groups is 1. The Morgan fingerprint density at radius 2 is 2.50 bits per heavy atom. The van der Waals surface area contributed by atoms with Crippen LogP contribution in [0, 0.1) is 0 Å². The third kappa shape index (κ3) is 4.72. The lowest BCUT2D eigenvalue weighted by molar-refractivity contribution is -0.138. The highest BCUT2D eigenvalue weighted by Gasteiger charge is 2.09. The second-order valence-electron chi connectivity index (χ2n) is 1.70. The quantitative estimate of drug-likeness (QED) is 0.475. The van der Waals surface area contributed by atoms with Crippen molar-refractivity contribution in [1.29, 1.82) is 0 Å². The van der Waals surface area contributed by atoms with Crippen molar-refractivity contribution in [3.05, 3.63) is 0 Å². The van der Waals surface area contributed by atoms with E-state index >= 15 is 0 Å². The van der Waals surface area contributed by atoms with Gasteiger partial charge in [0.25, 0.3) is 0 Å². The maximum atomic E-state index is 10.1. The maximum absolute atomic E-state index is 10.1. The smallest absolute Gasteiger partial charge is 0.320 e. The Morgan fingerprint density at radius 3 is 2.90 bits per heavy atom. The fourth-order valence-electron chi connectivity index (χ4n) is 0.367. The summed E-state index contributed by atoms with van der Waals surface area (Å²) in [4.78, 5) is 10.1. The van der Waals surface area contributed by atoms with E-state index in [4.69, 9.17) is 10.8 Å². The van der Waals surface area contributed by atoms with Gasteiger partial charge in [-0.1, -0.05) is 12.2 Å². The minimum absolute atomic E-state index is 0.465. The molecule has 0 spiro atoms. The molecule has 0 saturated carbocycles. The van der Waals surface area contributed by atoms with Crippen LogP contribution in [0.1, 0.15) is 6.42 Å². The standard InChI is InChI=1S/C5H9NO2S2/c6-4(5(7)8)1-2-10-3-9/h3-4H,1-2,6H2,(H,7,8)/t4-/m0/s1. The topological polar surface area (TPSA) is 63.3 Å². The van der Waals surface area contributed by atoms with Crippen LogP contribution < -0.4 is 5.73 Å². The molecule has 0 aliphatic rings. The van der Waals surface area contributed by atoms with Crippen molar-refractivity contribution in [2.45, 2.75) is 12.5 Å². The summed E-state index contributed by atoms with van der Waals surface area (Å²) in [6.45, 7) is 0. The second kappa shape index (κ2) is 5.64. The van der Waals surface area contributed by atoms with E-state index in [0.717, 1.165) is 0 Å². The van der Waals surface area contributed by atoms with Gasteiger partial charge in [-0.3, -0.25) is 4.79 Å². The van der Waals surface area contributed by atoms with Gasteiger partial charge >= 0.3 is 5.97 Å². The zero-order chi connectivity index (χ0) is 7.98. The summed E-state index contributed by atoms with van der Waals surface area (Å²) in [5.41, 5.74) is 5.20. The monoisotopic (exact) mass is 179 g/mol. The Balaban J connectivity index is 3.30. The van der Waals surface area contributed by atoms with Gasteiger partial charge in [-0.15, -0.1) is 11.8 Å². The summed E-state index contributed by atoms with van der Waals surface area (Å²) in [6.07, 6.45) is 0.465. The van der Waals surface area contributed by atoms with Gasteiger partial charge in [-0.2, -0.15) is 0 Å². The van der Waals surface area contributed by atoms with Crippen molar-refractivity contribution in [2.24, 2.45) is 5.73 Å². The first kappa shape index (κ1) is 9.87. The third-order valence-electron chi connectivity index (χ3n) is 0.932. The molecule has 0 radical (unpaired) electrons. The number of thiocarbonyl (C=S) groups is 1. The Kier molecular flexibility index (Phi) is 5.57. The molecule has 58 valence electrons. The maximum Gasteiger partial charge on any atom is 0.320 e. The second-order valence-corrected chi connectivity index (χ2v) is 3.21. The van der Waals surface area contributed by atoms with E-state index in [-0.39, 0.29) is 0 Å². The summed E-state index contributed by atoms with van der Waals surface area (Å²) in [5.74, 6) is -0.276. The average molecular weight is 179 g/mol. The van der Waals surface area contributed by atoms with Crippen LogP contribution in [0.25, 0.3) is 0 Å². The fourth-order valence-corrected chi connectivity index (χ4v) is 1.14. The molecule has 3 nitrogen and oxygen atoms in total. The van der Waals surface area contributed by atoms with Crippen molar-refractivity contribution in [3.63, 3.8) is 0 Å². The van der Waals surface area contributed by atoms with Crippen LogP contribution in [-0.4, -0.2) is 27.6 Å². The predicted molar refractivity (Wildman–Crippen MR) is 46.3 cm³/mol. The summed E-state index contributed by atoms with van der Waals surface area (Å²) in [6, 6.07) is -0.748. The zero-order valence-corrected chi connectivity index (χ0v) is 6.95. The molecule has 0 heterocycles. The molecule has 5 heteroatoms. The summed E-state index contributed by atoms with van der Waals surface area (Å²) in [5, 5.41) is 8.31. The van der Waals surface area contributed by atoms with Crippen molar-refractivity contribution in [2.75, 3.05) is 5.75 Å². The molecule has 0 aliphatic heterocycles. The molecule has 0 rings (SSSR count). The molecule has 0 unspecified atom stereocenters. The van der Waals surface area contributed by atoms with Gasteiger partial charge < -0.3 is 10.8 Å². The summed E-state index contributed by atoms with van der Waals surface area (Å²) in [7, 11) is 0. The van der Waals surface area contributed by atoms with Gasteiger partial charge in [0.05, 0.1) is 0 Å². The van der Waals surface area contributed by atoms with E-state index in [1.165, 1.54) is 16.5 Å². The average Bonchev–Trinajstić information content (AvgIpc) is 1.88. The van der Waals surface area contributed by atoms with Crippen molar-refractivity contribution >= 4 is 34.6 Å². The molecule has 0 amide bonds. The number of hydrogen-bond donors (Lipinski definition) is 2. The molecule has 10 heavy (non-hydrogen) atoms. The van der Waals surface area contributed by atoms with E-state index < -0.39 is 12.0 Å². The Bertz CT molecular complexity index is 129. The van der Waals surface area contributed by atoms with Gasteiger partial charge in [-0.05, 0) is 6.42 Å². The largest absolute Gasteiger partial charge is 0.480 e. The van der Waals surface area contributed by atoms with E-state index in [9.17, 15) is 4.79 Å². The fraction of sp³-hybridized carbons (Fsp3) is 0.600. The normalized spacial score (nSPS) is 12.5. The highest BCUT2D eigenvalue weighted by Crippen LogP contribution is 1.99. The molecule has 0 aromatic rings. The van der Waals surface area contributed by atoms with Gasteiger partial charge in [0.15, 0.2) is 0 Å². The number of carboxylic acids is 1. The minimum Gasteiger partial charge on any atom is -0.480 e. The number of nitrogens with two attached hydrogens (primary N) is 1.